The molecule has 3 aliphatic rings. The van der Waals surface area contributed by atoms with Crippen LogP contribution < -0.4 is 0 Å². The van der Waals surface area contributed by atoms with E-state index >= 15 is 0 Å². The highest BCUT2D eigenvalue weighted by molar-refractivity contribution is 5.75. The molecule has 2 fully saturated rings. The molecule has 4 rings (SSSR count). The van der Waals surface area contributed by atoms with Crippen molar-refractivity contribution in [1.82, 2.24) is 0 Å². The highest BCUT2D eigenvalue weighted by Gasteiger charge is 2.45. The van der Waals surface area contributed by atoms with Crippen LogP contribution in [0.1, 0.15) is 103 Å². The van der Waals surface area contributed by atoms with Gasteiger partial charge in [0.2, 0.25) is 0 Å². The van der Waals surface area contributed by atoms with Crippen molar-refractivity contribution in [3.63, 3.8) is 0 Å². The lowest BCUT2D eigenvalue weighted by Crippen LogP contribution is -2.41. The molecular formula is C30H44. The van der Waals surface area contributed by atoms with E-state index in [1.165, 1.54) is 94.6 Å². The summed E-state index contributed by atoms with van der Waals surface area (Å²) in [6.45, 7) is 4.73. The molecule has 1 aromatic carbocycles. The van der Waals surface area contributed by atoms with Crippen molar-refractivity contribution >= 4 is 5.57 Å². The van der Waals surface area contributed by atoms with Crippen molar-refractivity contribution in [2.24, 2.45) is 29.1 Å². The Labute approximate surface area is 186 Å². The summed E-state index contributed by atoms with van der Waals surface area (Å²) in [7, 11) is 0. The number of hydrogen-bond acceptors (Lipinski definition) is 0. The highest BCUT2D eigenvalue weighted by atomic mass is 14.5. The van der Waals surface area contributed by atoms with Crippen LogP contribution in [0.4, 0.5) is 0 Å². The highest BCUT2D eigenvalue weighted by Crippen LogP contribution is 2.55. The third-order valence-corrected chi connectivity index (χ3v) is 8.96. The fraction of sp³-hybridized carbons (Fsp3) is 0.667. The second-order valence-electron chi connectivity index (χ2n) is 10.7. The zero-order chi connectivity index (χ0) is 20.8. The third kappa shape index (κ3) is 4.79. The van der Waals surface area contributed by atoms with Gasteiger partial charge >= 0.3 is 0 Å². The molecule has 0 amide bonds. The number of benzene rings is 1. The summed E-state index contributed by atoms with van der Waals surface area (Å²) in [6.07, 6.45) is 26.6. The zero-order valence-corrected chi connectivity index (χ0v) is 19.6. The van der Waals surface area contributed by atoms with Crippen LogP contribution in [-0.4, -0.2) is 0 Å². The molecule has 0 heterocycles. The van der Waals surface area contributed by atoms with E-state index in [1.807, 2.05) is 0 Å². The minimum Gasteiger partial charge on any atom is -0.0768 e. The van der Waals surface area contributed by atoms with Crippen LogP contribution in [0, 0.1) is 29.1 Å². The van der Waals surface area contributed by atoms with Crippen molar-refractivity contribution in [3.05, 3.63) is 54.1 Å². The maximum absolute atomic E-state index is 2.73. The number of rotatable bonds is 7. The third-order valence-electron chi connectivity index (χ3n) is 8.96. The summed E-state index contributed by atoms with van der Waals surface area (Å²) in [5, 5.41) is 0. The van der Waals surface area contributed by atoms with Crippen LogP contribution in [0.5, 0.6) is 0 Å². The molecule has 0 aliphatic heterocycles. The van der Waals surface area contributed by atoms with Crippen LogP contribution in [-0.2, 0) is 0 Å². The molecule has 0 aromatic heterocycles. The Morgan fingerprint density at radius 1 is 0.733 bits per heavy atom. The molecule has 30 heavy (non-hydrogen) atoms. The summed E-state index contributed by atoms with van der Waals surface area (Å²) in [5.41, 5.74) is 3.28. The van der Waals surface area contributed by atoms with Crippen LogP contribution in [0.15, 0.2) is 48.6 Å². The van der Waals surface area contributed by atoms with Crippen molar-refractivity contribution in [2.75, 3.05) is 0 Å². The van der Waals surface area contributed by atoms with Crippen LogP contribution >= 0.6 is 0 Å². The Balaban J connectivity index is 1.51. The first kappa shape index (κ1) is 21.9. The second-order valence-corrected chi connectivity index (χ2v) is 10.7. The summed E-state index contributed by atoms with van der Waals surface area (Å²) < 4.78 is 0. The summed E-state index contributed by atoms with van der Waals surface area (Å²) in [6, 6.07) is 11.0. The molecule has 0 heteroatoms. The van der Waals surface area contributed by atoms with Gasteiger partial charge in [0.15, 0.2) is 0 Å². The molecule has 0 nitrogen and oxygen atoms in total. The van der Waals surface area contributed by atoms with Crippen LogP contribution in [0.2, 0.25) is 0 Å². The van der Waals surface area contributed by atoms with E-state index in [-0.39, 0.29) is 0 Å². The van der Waals surface area contributed by atoms with Gasteiger partial charge in [0.05, 0.1) is 0 Å². The molecule has 0 unspecified atom stereocenters. The lowest BCUT2D eigenvalue weighted by Gasteiger charge is -2.50. The average molecular weight is 405 g/mol. The first-order chi connectivity index (χ1) is 14.7. The van der Waals surface area contributed by atoms with E-state index in [0.29, 0.717) is 5.41 Å². The van der Waals surface area contributed by atoms with Gasteiger partial charge in [0.1, 0.15) is 0 Å². The Morgan fingerprint density at radius 2 is 1.27 bits per heavy atom. The van der Waals surface area contributed by atoms with Crippen molar-refractivity contribution in [1.29, 1.82) is 0 Å². The zero-order valence-electron chi connectivity index (χ0n) is 19.6. The maximum Gasteiger partial charge on any atom is -0.00237 e. The number of allylic oxidation sites excluding steroid dienone is 4. The molecule has 0 N–H and O–H groups in total. The van der Waals surface area contributed by atoms with Crippen LogP contribution in [0.3, 0.4) is 0 Å². The molecule has 1 aromatic rings. The van der Waals surface area contributed by atoms with Gasteiger partial charge in [-0.1, -0.05) is 114 Å². The van der Waals surface area contributed by atoms with Gasteiger partial charge in [-0.15, -0.1) is 0 Å². The quantitative estimate of drug-likeness (QED) is 0.425. The van der Waals surface area contributed by atoms with Gasteiger partial charge < -0.3 is 0 Å². The molecule has 2 saturated carbocycles. The van der Waals surface area contributed by atoms with Crippen molar-refractivity contribution < 1.29 is 0 Å². The molecule has 0 saturated heterocycles. The minimum atomic E-state index is 0.437. The van der Waals surface area contributed by atoms with Gasteiger partial charge in [0.25, 0.3) is 0 Å². The fourth-order valence-corrected chi connectivity index (χ4v) is 7.24. The smallest absolute Gasteiger partial charge is 0.00237 e. The van der Waals surface area contributed by atoms with E-state index in [0.717, 1.165) is 23.7 Å². The Kier molecular flexibility index (Phi) is 7.55. The predicted molar refractivity (Wildman–Crippen MR) is 131 cm³/mol. The fourth-order valence-electron chi connectivity index (χ4n) is 7.24. The second kappa shape index (κ2) is 10.3. The molecule has 0 bridgehead atoms. The topological polar surface area (TPSA) is 0 Å². The van der Waals surface area contributed by atoms with Crippen LogP contribution in [0.25, 0.3) is 5.57 Å². The molecule has 0 atom stereocenters. The van der Waals surface area contributed by atoms with Gasteiger partial charge in [0, 0.05) is 0 Å². The summed E-state index contributed by atoms with van der Waals surface area (Å²) in [5.74, 6) is 3.82. The van der Waals surface area contributed by atoms with Gasteiger partial charge in [-0.25, -0.2) is 0 Å². The first-order valence-corrected chi connectivity index (χ1v) is 13.2. The van der Waals surface area contributed by atoms with E-state index in [1.54, 1.807) is 0 Å². The Hall–Kier alpha value is -1.30. The normalized spacial score (nSPS) is 31.3. The lowest BCUT2D eigenvalue weighted by atomic mass is 9.54. The van der Waals surface area contributed by atoms with Gasteiger partial charge in [-0.2, -0.15) is 0 Å². The summed E-state index contributed by atoms with van der Waals surface area (Å²) >= 11 is 0. The molecule has 0 spiro atoms. The van der Waals surface area contributed by atoms with E-state index in [9.17, 15) is 0 Å². The summed E-state index contributed by atoms with van der Waals surface area (Å²) in [4.78, 5) is 0. The SMILES string of the molecule is CCC[C@H]1CC[C@H](C2([C@H]3CC[C@H](CCC)CC3)C=CC(c3ccccc3)=CC2)CC1. The lowest BCUT2D eigenvalue weighted by molar-refractivity contribution is 0.0477. The molecule has 3 aliphatic carbocycles. The first-order valence-electron chi connectivity index (χ1n) is 13.2. The van der Waals surface area contributed by atoms with Crippen molar-refractivity contribution in [3.8, 4) is 0 Å². The monoisotopic (exact) mass is 404 g/mol. The molecule has 0 radical (unpaired) electrons. The Bertz CT molecular complexity index is 667. The van der Waals surface area contributed by atoms with E-state index in [2.05, 4.69) is 62.4 Å². The van der Waals surface area contributed by atoms with Gasteiger partial charge in [-0.3, -0.25) is 0 Å². The van der Waals surface area contributed by atoms with Gasteiger partial charge in [-0.05, 0) is 72.3 Å². The number of hydrogen-bond donors (Lipinski definition) is 0. The minimum absolute atomic E-state index is 0.437. The standard InChI is InChI=1S/C30H44/c1-3-8-24-12-16-28(17-13-24)30(29-18-14-25(9-4-2)15-19-29)22-20-27(21-23-30)26-10-6-5-7-11-26/h5-7,10-11,20-22,24-25,28-29H,3-4,8-9,12-19,23H2,1-2H3/t24-,25-,28-,29-. The van der Waals surface area contributed by atoms with E-state index < -0.39 is 0 Å². The average Bonchev–Trinajstić information content (AvgIpc) is 2.81. The largest absolute Gasteiger partial charge is 0.0768 e. The van der Waals surface area contributed by atoms with E-state index in [4.69, 9.17) is 0 Å². The maximum atomic E-state index is 2.73. The Morgan fingerprint density at radius 3 is 1.70 bits per heavy atom. The molecule has 164 valence electrons. The predicted octanol–water partition coefficient (Wildman–Crippen LogP) is 9.23. The van der Waals surface area contributed by atoms with Crippen molar-refractivity contribution in [2.45, 2.75) is 97.3 Å². The molecular weight excluding hydrogens is 360 g/mol.